The van der Waals surface area contributed by atoms with E-state index in [9.17, 15) is 4.79 Å². The lowest BCUT2D eigenvalue weighted by Crippen LogP contribution is -2.44. The molecule has 80 valence electrons. The molecule has 1 rings (SSSR count). The first-order chi connectivity index (χ1) is 6.71. The van der Waals surface area contributed by atoms with Crippen LogP contribution in [-0.4, -0.2) is 34.8 Å². The zero-order chi connectivity index (χ0) is 10.4. The molecule has 0 spiro atoms. The third-order valence-electron chi connectivity index (χ3n) is 2.38. The fourth-order valence-corrected chi connectivity index (χ4v) is 2.58. The Kier molecular flexibility index (Phi) is 4.48. The summed E-state index contributed by atoms with van der Waals surface area (Å²) in [6, 6.07) is 0. The Morgan fingerprint density at radius 1 is 1.57 bits per heavy atom. The van der Waals surface area contributed by atoms with Crippen molar-refractivity contribution in [2.24, 2.45) is 0 Å². The van der Waals surface area contributed by atoms with Crippen LogP contribution in [0.15, 0.2) is 12.2 Å². The van der Waals surface area contributed by atoms with Gasteiger partial charge in [-0.05, 0) is 31.3 Å². The van der Waals surface area contributed by atoms with Gasteiger partial charge >= 0.3 is 5.97 Å². The first-order valence-electron chi connectivity index (χ1n) is 4.77. The van der Waals surface area contributed by atoms with Crippen LogP contribution in [-0.2, 0) is 9.53 Å². The smallest absolute Gasteiger partial charge is 0.336 e. The number of hydrogen-bond acceptors (Lipinski definition) is 3. The minimum Gasteiger partial charge on any atom is -0.479 e. The van der Waals surface area contributed by atoms with Gasteiger partial charge in [0.2, 0.25) is 0 Å². The molecule has 0 radical (unpaired) electrons. The molecule has 0 unspecified atom stereocenters. The van der Waals surface area contributed by atoms with Gasteiger partial charge in [0, 0.05) is 0 Å². The number of carbonyl (C=O) groups is 1. The van der Waals surface area contributed by atoms with Crippen LogP contribution in [0.2, 0.25) is 0 Å². The lowest BCUT2D eigenvalue weighted by molar-refractivity contribution is -0.165. The van der Waals surface area contributed by atoms with Gasteiger partial charge in [0.1, 0.15) is 0 Å². The van der Waals surface area contributed by atoms with E-state index < -0.39 is 11.6 Å². The maximum atomic E-state index is 11.1. The molecule has 0 aromatic carbocycles. The minimum absolute atomic E-state index is 0.396. The van der Waals surface area contributed by atoms with Gasteiger partial charge < -0.3 is 9.84 Å². The lowest BCUT2D eigenvalue weighted by atomic mass is 9.97. The van der Waals surface area contributed by atoms with Crippen LogP contribution in [0.1, 0.15) is 19.8 Å². The monoisotopic (exact) mass is 216 g/mol. The molecule has 4 heteroatoms. The molecule has 0 aromatic rings. The second-order valence-corrected chi connectivity index (χ2v) is 4.52. The number of aliphatic carboxylic acids is 1. The highest BCUT2D eigenvalue weighted by Crippen LogP contribution is 2.30. The van der Waals surface area contributed by atoms with Crippen molar-refractivity contribution >= 4 is 17.7 Å². The Bertz CT molecular complexity index is 219. The Labute approximate surface area is 88.5 Å². The summed E-state index contributed by atoms with van der Waals surface area (Å²) in [6.07, 6.45) is 4.94. The number of carboxylic acids is 1. The molecular weight excluding hydrogens is 200 g/mol. The van der Waals surface area contributed by atoms with Crippen LogP contribution in [0.3, 0.4) is 0 Å². The second kappa shape index (κ2) is 5.41. The van der Waals surface area contributed by atoms with E-state index in [0.29, 0.717) is 19.4 Å². The summed E-state index contributed by atoms with van der Waals surface area (Å²) in [5.74, 6) is 0.937. The number of hydrogen-bond donors (Lipinski definition) is 1. The van der Waals surface area contributed by atoms with Gasteiger partial charge in [-0.25, -0.2) is 4.79 Å². The Hall–Kier alpha value is -0.480. The molecule has 0 atom stereocenters. The SMILES string of the molecule is CC=CCOC1(C(=O)O)CCSCC1. The van der Waals surface area contributed by atoms with Crippen LogP contribution in [0.4, 0.5) is 0 Å². The molecule has 0 aliphatic carbocycles. The van der Waals surface area contributed by atoms with Gasteiger partial charge in [-0.3, -0.25) is 0 Å². The summed E-state index contributed by atoms with van der Waals surface area (Å²) in [5, 5.41) is 9.13. The molecule has 1 N–H and O–H groups in total. The van der Waals surface area contributed by atoms with E-state index in [1.54, 1.807) is 11.8 Å². The van der Waals surface area contributed by atoms with Crippen molar-refractivity contribution in [2.45, 2.75) is 25.4 Å². The Morgan fingerprint density at radius 2 is 2.21 bits per heavy atom. The molecule has 3 nitrogen and oxygen atoms in total. The Balaban J connectivity index is 2.56. The number of thioether (sulfide) groups is 1. The normalized spacial score (nSPS) is 21.2. The predicted molar refractivity (Wildman–Crippen MR) is 57.7 cm³/mol. The zero-order valence-electron chi connectivity index (χ0n) is 8.36. The number of ether oxygens (including phenoxy) is 1. The van der Waals surface area contributed by atoms with E-state index in [2.05, 4.69) is 0 Å². The van der Waals surface area contributed by atoms with Crippen LogP contribution in [0.5, 0.6) is 0 Å². The molecular formula is C10H16O3S. The van der Waals surface area contributed by atoms with Crippen LogP contribution in [0.25, 0.3) is 0 Å². The van der Waals surface area contributed by atoms with Gasteiger partial charge in [-0.2, -0.15) is 11.8 Å². The van der Waals surface area contributed by atoms with Crippen molar-refractivity contribution in [2.75, 3.05) is 18.1 Å². The van der Waals surface area contributed by atoms with Gasteiger partial charge in [0.25, 0.3) is 0 Å². The standard InChI is InChI=1S/C10H16O3S/c1-2-3-6-13-10(9(11)12)4-7-14-8-5-10/h2-3H,4-8H2,1H3,(H,11,12). The van der Waals surface area contributed by atoms with Gasteiger partial charge in [0.15, 0.2) is 5.60 Å². The number of allylic oxidation sites excluding steroid dienone is 1. The van der Waals surface area contributed by atoms with Crippen LogP contribution in [0, 0.1) is 0 Å². The Morgan fingerprint density at radius 3 is 2.71 bits per heavy atom. The summed E-state index contributed by atoms with van der Waals surface area (Å²) in [6.45, 7) is 2.29. The molecule has 1 fully saturated rings. The topological polar surface area (TPSA) is 46.5 Å². The highest BCUT2D eigenvalue weighted by Gasteiger charge is 2.40. The predicted octanol–water partition coefficient (Wildman–Crippen LogP) is 1.93. The highest BCUT2D eigenvalue weighted by molar-refractivity contribution is 7.99. The second-order valence-electron chi connectivity index (χ2n) is 3.29. The summed E-state index contributed by atoms with van der Waals surface area (Å²) < 4.78 is 5.47. The van der Waals surface area contributed by atoms with Crippen LogP contribution >= 0.6 is 11.8 Å². The maximum Gasteiger partial charge on any atom is 0.336 e. The van der Waals surface area contributed by atoms with Crippen molar-refractivity contribution in [1.82, 2.24) is 0 Å². The third kappa shape index (κ3) is 2.75. The zero-order valence-corrected chi connectivity index (χ0v) is 9.18. The van der Waals surface area contributed by atoms with Crippen molar-refractivity contribution < 1.29 is 14.6 Å². The fourth-order valence-electron chi connectivity index (χ4n) is 1.42. The summed E-state index contributed by atoms with van der Waals surface area (Å²) in [4.78, 5) is 11.1. The molecule has 0 aromatic heterocycles. The average molecular weight is 216 g/mol. The first kappa shape index (κ1) is 11.6. The first-order valence-corrected chi connectivity index (χ1v) is 5.93. The summed E-state index contributed by atoms with van der Waals surface area (Å²) >= 11 is 1.79. The molecule has 1 heterocycles. The summed E-state index contributed by atoms with van der Waals surface area (Å²) in [5.41, 5.74) is -0.926. The molecule has 0 saturated carbocycles. The van der Waals surface area contributed by atoms with Crippen molar-refractivity contribution in [3.05, 3.63) is 12.2 Å². The number of carboxylic acid groups (broad SMARTS) is 1. The average Bonchev–Trinajstić information content (AvgIpc) is 2.19. The largest absolute Gasteiger partial charge is 0.479 e. The van der Waals surface area contributed by atoms with Crippen molar-refractivity contribution in [3.8, 4) is 0 Å². The van der Waals surface area contributed by atoms with Crippen molar-refractivity contribution in [3.63, 3.8) is 0 Å². The van der Waals surface area contributed by atoms with E-state index >= 15 is 0 Å². The van der Waals surface area contributed by atoms with E-state index in [4.69, 9.17) is 9.84 Å². The fraction of sp³-hybridized carbons (Fsp3) is 0.700. The molecule has 1 saturated heterocycles. The lowest BCUT2D eigenvalue weighted by Gasteiger charge is -2.32. The van der Waals surface area contributed by atoms with E-state index in [-0.39, 0.29) is 0 Å². The van der Waals surface area contributed by atoms with Crippen LogP contribution < -0.4 is 0 Å². The molecule has 0 bridgehead atoms. The molecule has 1 aliphatic heterocycles. The van der Waals surface area contributed by atoms with E-state index in [1.807, 2.05) is 19.1 Å². The van der Waals surface area contributed by atoms with E-state index in [0.717, 1.165) is 11.5 Å². The van der Waals surface area contributed by atoms with Gasteiger partial charge in [0.05, 0.1) is 6.61 Å². The minimum atomic E-state index is -0.926. The van der Waals surface area contributed by atoms with Gasteiger partial charge in [-0.1, -0.05) is 12.2 Å². The van der Waals surface area contributed by atoms with Crippen molar-refractivity contribution in [1.29, 1.82) is 0 Å². The molecule has 0 amide bonds. The highest BCUT2D eigenvalue weighted by atomic mass is 32.2. The van der Waals surface area contributed by atoms with Gasteiger partial charge in [-0.15, -0.1) is 0 Å². The quantitative estimate of drug-likeness (QED) is 0.729. The summed E-state index contributed by atoms with van der Waals surface area (Å²) in [7, 11) is 0. The van der Waals surface area contributed by atoms with E-state index in [1.165, 1.54) is 0 Å². The third-order valence-corrected chi connectivity index (χ3v) is 3.37. The molecule has 1 aliphatic rings. The number of rotatable bonds is 4. The molecule has 14 heavy (non-hydrogen) atoms. The maximum absolute atomic E-state index is 11.1.